The molecule has 2 atom stereocenters. The first-order valence-corrected chi connectivity index (χ1v) is 7.80. The average Bonchev–Trinajstić information content (AvgIpc) is 3.39. The Morgan fingerprint density at radius 1 is 0.913 bits per heavy atom. The van der Waals surface area contributed by atoms with Crippen LogP contribution in [0.15, 0.2) is 48.5 Å². The van der Waals surface area contributed by atoms with Gasteiger partial charge in [-0.2, -0.15) is 0 Å². The summed E-state index contributed by atoms with van der Waals surface area (Å²) in [5.41, 5.74) is 2.48. The van der Waals surface area contributed by atoms with E-state index in [2.05, 4.69) is 48.6 Å². The Labute approximate surface area is 137 Å². The Morgan fingerprint density at radius 2 is 1.57 bits per heavy atom. The SMILES string of the molecule is COc1cc(C2CC2/C=C/c2ccccc2)cc(OC)c1OC. The molecule has 2 unspecified atom stereocenters. The van der Waals surface area contributed by atoms with Crippen molar-refractivity contribution in [3.05, 3.63) is 59.7 Å². The average molecular weight is 310 g/mol. The topological polar surface area (TPSA) is 27.7 Å². The third kappa shape index (κ3) is 3.34. The second-order valence-corrected chi connectivity index (χ2v) is 5.73. The van der Waals surface area contributed by atoms with Crippen LogP contribution in [0, 0.1) is 5.92 Å². The summed E-state index contributed by atoms with van der Waals surface area (Å²) in [5, 5.41) is 0. The van der Waals surface area contributed by atoms with E-state index >= 15 is 0 Å². The molecule has 0 bridgehead atoms. The van der Waals surface area contributed by atoms with Gasteiger partial charge in [-0.25, -0.2) is 0 Å². The maximum atomic E-state index is 5.44. The zero-order valence-corrected chi connectivity index (χ0v) is 13.8. The Morgan fingerprint density at radius 3 is 2.13 bits per heavy atom. The maximum absolute atomic E-state index is 5.44. The number of hydrogen-bond donors (Lipinski definition) is 0. The fraction of sp³-hybridized carbons (Fsp3) is 0.300. The van der Waals surface area contributed by atoms with E-state index in [0.717, 1.165) is 17.9 Å². The first-order chi connectivity index (χ1) is 11.3. The summed E-state index contributed by atoms with van der Waals surface area (Å²) in [6.45, 7) is 0. The van der Waals surface area contributed by atoms with E-state index in [1.54, 1.807) is 21.3 Å². The van der Waals surface area contributed by atoms with Crippen LogP contribution in [0.4, 0.5) is 0 Å². The first-order valence-electron chi connectivity index (χ1n) is 7.80. The van der Waals surface area contributed by atoms with Crippen LogP contribution in [-0.2, 0) is 0 Å². The zero-order valence-electron chi connectivity index (χ0n) is 13.8. The van der Waals surface area contributed by atoms with Gasteiger partial charge >= 0.3 is 0 Å². The van der Waals surface area contributed by atoms with E-state index in [0.29, 0.717) is 17.6 Å². The lowest BCUT2D eigenvalue weighted by molar-refractivity contribution is 0.324. The van der Waals surface area contributed by atoms with Gasteiger partial charge in [0, 0.05) is 0 Å². The summed E-state index contributed by atoms with van der Waals surface area (Å²) >= 11 is 0. The predicted molar refractivity (Wildman–Crippen MR) is 92.4 cm³/mol. The molecule has 1 saturated carbocycles. The molecule has 0 saturated heterocycles. The van der Waals surface area contributed by atoms with Crippen molar-refractivity contribution in [3.63, 3.8) is 0 Å². The standard InChI is InChI=1S/C20H22O3/c1-21-18-12-16(13-19(22-2)20(18)23-3)17-11-15(17)10-9-14-7-5-4-6-8-14/h4-10,12-13,15,17H,11H2,1-3H3/b10-9+. The molecular formula is C20H22O3. The van der Waals surface area contributed by atoms with Crippen molar-refractivity contribution in [2.45, 2.75) is 12.3 Å². The fourth-order valence-corrected chi connectivity index (χ4v) is 2.92. The highest BCUT2D eigenvalue weighted by Crippen LogP contribution is 2.52. The van der Waals surface area contributed by atoms with Gasteiger partial charge in [-0.1, -0.05) is 42.5 Å². The largest absolute Gasteiger partial charge is 0.493 e. The van der Waals surface area contributed by atoms with Crippen LogP contribution in [0.3, 0.4) is 0 Å². The molecule has 120 valence electrons. The summed E-state index contributed by atoms with van der Waals surface area (Å²) in [4.78, 5) is 0. The van der Waals surface area contributed by atoms with Gasteiger partial charge in [0.25, 0.3) is 0 Å². The van der Waals surface area contributed by atoms with Crippen LogP contribution in [0.5, 0.6) is 17.2 Å². The molecule has 3 nitrogen and oxygen atoms in total. The van der Waals surface area contributed by atoms with Crippen LogP contribution < -0.4 is 14.2 Å². The summed E-state index contributed by atoms with van der Waals surface area (Å²) < 4.78 is 16.3. The molecule has 3 heteroatoms. The summed E-state index contributed by atoms with van der Waals surface area (Å²) in [5.74, 6) is 3.18. The van der Waals surface area contributed by atoms with Crippen LogP contribution in [0.1, 0.15) is 23.5 Å². The number of hydrogen-bond acceptors (Lipinski definition) is 3. The van der Waals surface area contributed by atoms with Gasteiger partial charge in [0.2, 0.25) is 5.75 Å². The monoisotopic (exact) mass is 310 g/mol. The summed E-state index contributed by atoms with van der Waals surface area (Å²) in [6.07, 6.45) is 5.65. The lowest BCUT2D eigenvalue weighted by atomic mass is 10.1. The molecule has 1 aliphatic carbocycles. The van der Waals surface area contributed by atoms with E-state index in [4.69, 9.17) is 14.2 Å². The van der Waals surface area contributed by atoms with Crippen molar-refractivity contribution in [1.29, 1.82) is 0 Å². The van der Waals surface area contributed by atoms with Crippen LogP contribution in [0.2, 0.25) is 0 Å². The third-order valence-corrected chi connectivity index (χ3v) is 4.29. The van der Waals surface area contributed by atoms with E-state index in [1.165, 1.54) is 11.1 Å². The predicted octanol–water partition coefficient (Wildman–Crippen LogP) is 4.53. The van der Waals surface area contributed by atoms with Gasteiger partial charge in [-0.05, 0) is 41.5 Å². The van der Waals surface area contributed by atoms with Crippen molar-refractivity contribution < 1.29 is 14.2 Å². The maximum Gasteiger partial charge on any atom is 0.203 e. The van der Waals surface area contributed by atoms with E-state index in [1.807, 2.05) is 6.07 Å². The first kappa shape index (κ1) is 15.5. The third-order valence-electron chi connectivity index (χ3n) is 4.29. The highest BCUT2D eigenvalue weighted by atomic mass is 16.5. The van der Waals surface area contributed by atoms with Crippen molar-refractivity contribution in [3.8, 4) is 17.2 Å². The Bertz CT molecular complexity index is 666. The molecule has 3 rings (SSSR count). The molecule has 0 N–H and O–H groups in total. The van der Waals surface area contributed by atoms with Gasteiger partial charge in [0.05, 0.1) is 21.3 Å². The molecule has 0 radical (unpaired) electrons. The molecule has 0 aliphatic heterocycles. The molecule has 0 aromatic heterocycles. The number of ether oxygens (including phenoxy) is 3. The van der Waals surface area contributed by atoms with E-state index in [-0.39, 0.29) is 0 Å². The van der Waals surface area contributed by atoms with Crippen LogP contribution >= 0.6 is 0 Å². The van der Waals surface area contributed by atoms with Crippen molar-refractivity contribution in [1.82, 2.24) is 0 Å². The lowest BCUT2D eigenvalue weighted by Crippen LogP contribution is -1.96. The minimum absolute atomic E-state index is 0.517. The number of methoxy groups -OCH3 is 3. The van der Waals surface area contributed by atoms with E-state index in [9.17, 15) is 0 Å². The van der Waals surface area contributed by atoms with Crippen molar-refractivity contribution >= 4 is 6.08 Å². The molecule has 0 heterocycles. The molecule has 1 aliphatic rings. The van der Waals surface area contributed by atoms with E-state index < -0.39 is 0 Å². The summed E-state index contributed by atoms with van der Waals surface area (Å²) in [6, 6.07) is 14.5. The highest BCUT2D eigenvalue weighted by Gasteiger charge is 2.37. The molecule has 0 spiro atoms. The van der Waals surface area contributed by atoms with Crippen LogP contribution in [-0.4, -0.2) is 21.3 Å². The normalized spacial score (nSPS) is 19.6. The van der Waals surface area contributed by atoms with Gasteiger partial charge in [-0.3, -0.25) is 0 Å². The minimum Gasteiger partial charge on any atom is -0.493 e. The Balaban J connectivity index is 1.77. The van der Waals surface area contributed by atoms with Crippen molar-refractivity contribution in [2.75, 3.05) is 21.3 Å². The second kappa shape index (κ2) is 6.78. The summed E-state index contributed by atoms with van der Waals surface area (Å²) in [7, 11) is 4.93. The zero-order chi connectivity index (χ0) is 16.2. The van der Waals surface area contributed by atoms with Gasteiger partial charge in [-0.15, -0.1) is 0 Å². The van der Waals surface area contributed by atoms with Crippen LogP contribution in [0.25, 0.3) is 6.08 Å². The molecular weight excluding hydrogens is 288 g/mol. The Hall–Kier alpha value is -2.42. The lowest BCUT2D eigenvalue weighted by Gasteiger charge is -2.14. The Kier molecular flexibility index (Phi) is 4.56. The highest BCUT2D eigenvalue weighted by molar-refractivity contribution is 5.56. The van der Waals surface area contributed by atoms with Gasteiger partial charge < -0.3 is 14.2 Å². The number of benzene rings is 2. The fourth-order valence-electron chi connectivity index (χ4n) is 2.92. The second-order valence-electron chi connectivity index (χ2n) is 5.73. The minimum atomic E-state index is 0.517. The quantitative estimate of drug-likeness (QED) is 0.784. The van der Waals surface area contributed by atoms with Crippen molar-refractivity contribution in [2.24, 2.45) is 5.92 Å². The smallest absolute Gasteiger partial charge is 0.203 e. The number of rotatable bonds is 6. The molecule has 2 aromatic carbocycles. The molecule has 2 aromatic rings. The molecule has 0 amide bonds. The van der Waals surface area contributed by atoms with Gasteiger partial charge in [0.15, 0.2) is 11.5 Å². The molecule has 1 fully saturated rings. The molecule has 23 heavy (non-hydrogen) atoms. The number of allylic oxidation sites excluding steroid dienone is 1. The van der Waals surface area contributed by atoms with Gasteiger partial charge in [0.1, 0.15) is 0 Å².